The van der Waals surface area contributed by atoms with Gasteiger partial charge in [-0.2, -0.15) is 5.10 Å². The highest BCUT2D eigenvalue weighted by Gasteiger charge is 2.21. The number of methoxy groups -OCH3 is 1. The number of hydrogen-bond donors (Lipinski definition) is 1. The largest absolute Gasteiger partial charge is 0.493 e. The monoisotopic (exact) mass is 307 g/mol. The van der Waals surface area contributed by atoms with Crippen LogP contribution in [0.25, 0.3) is 0 Å². The average Bonchev–Trinajstić information content (AvgIpc) is 3.12. The van der Waals surface area contributed by atoms with Gasteiger partial charge >= 0.3 is 0 Å². The normalized spacial score (nSPS) is 12.8. The summed E-state index contributed by atoms with van der Waals surface area (Å²) in [5.74, 6) is 0.874. The van der Waals surface area contributed by atoms with Gasteiger partial charge in [0.25, 0.3) is 0 Å². The molecule has 0 aliphatic heterocycles. The number of rotatable bonds is 8. The standard InChI is InChI=1S/C16H25N3OS/c1-12(2)19-16(15(20-4)11-18-19)14(17-3)9-5-7-13-8-6-10-21-13/h6,8,10-12,14,17H,5,7,9H2,1-4H3. The van der Waals surface area contributed by atoms with Crippen LogP contribution in [0.4, 0.5) is 0 Å². The van der Waals surface area contributed by atoms with E-state index in [-0.39, 0.29) is 6.04 Å². The van der Waals surface area contributed by atoms with Gasteiger partial charge < -0.3 is 10.1 Å². The molecule has 1 unspecified atom stereocenters. The molecule has 0 radical (unpaired) electrons. The second-order valence-corrected chi connectivity index (χ2v) is 6.48. The number of thiophene rings is 1. The number of ether oxygens (including phenoxy) is 1. The van der Waals surface area contributed by atoms with Crippen LogP contribution in [0.1, 0.15) is 49.3 Å². The highest BCUT2D eigenvalue weighted by Crippen LogP contribution is 2.30. The Morgan fingerprint density at radius 3 is 2.81 bits per heavy atom. The summed E-state index contributed by atoms with van der Waals surface area (Å²) in [5, 5.41) is 10.0. The number of aryl methyl sites for hydroxylation is 1. The summed E-state index contributed by atoms with van der Waals surface area (Å²) in [5.41, 5.74) is 1.15. The lowest BCUT2D eigenvalue weighted by atomic mass is 10.0. The van der Waals surface area contributed by atoms with Gasteiger partial charge in [-0.1, -0.05) is 6.07 Å². The van der Waals surface area contributed by atoms with Crippen molar-refractivity contribution in [1.29, 1.82) is 0 Å². The van der Waals surface area contributed by atoms with Gasteiger partial charge in [0.15, 0.2) is 5.75 Å². The van der Waals surface area contributed by atoms with Gasteiger partial charge in [-0.15, -0.1) is 11.3 Å². The molecule has 0 aliphatic carbocycles. The Morgan fingerprint density at radius 2 is 2.24 bits per heavy atom. The van der Waals surface area contributed by atoms with E-state index in [0.717, 1.165) is 30.7 Å². The molecule has 116 valence electrons. The van der Waals surface area contributed by atoms with Gasteiger partial charge in [-0.3, -0.25) is 4.68 Å². The van der Waals surface area contributed by atoms with Gasteiger partial charge in [-0.05, 0) is 51.6 Å². The fourth-order valence-corrected chi connectivity index (χ4v) is 3.36. The second-order valence-electron chi connectivity index (χ2n) is 5.45. The molecular formula is C16H25N3OS. The summed E-state index contributed by atoms with van der Waals surface area (Å²) in [6.45, 7) is 4.29. The number of nitrogens with one attached hydrogen (secondary N) is 1. The van der Waals surface area contributed by atoms with Crippen molar-refractivity contribution in [2.45, 2.75) is 45.2 Å². The molecule has 2 aromatic rings. The molecule has 2 rings (SSSR count). The quantitative estimate of drug-likeness (QED) is 0.806. The van der Waals surface area contributed by atoms with Crippen molar-refractivity contribution >= 4 is 11.3 Å². The summed E-state index contributed by atoms with van der Waals surface area (Å²) in [4.78, 5) is 1.45. The van der Waals surface area contributed by atoms with Gasteiger partial charge in [0.05, 0.1) is 25.0 Å². The number of hydrogen-bond acceptors (Lipinski definition) is 4. The smallest absolute Gasteiger partial charge is 0.161 e. The van der Waals surface area contributed by atoms with Crippen LogP contribution in [-0.4, -0.2) is 23.9 Å². The average molecular weight is 307 g/mol. The van der Waals surface area contributed by atoms with E-state index < -0.39 is 0 Å². The van der Waals surface area contributed by atoms with E-state index in [1.165, 1.54) is 4.88 Å². The fourth-order valence-electron chi connectivity index (χ4n) is 2.61. The first-order chi connectivity index (χ1) is 10.2. The lowest BCUT2D eigenvalue weighted by Gasteiger charge is -2.21. The molecule has 0 aliphatic rings. The van der Waals surface area contributed by atoms with E-state index in [0.29, 0.717) is 6.04 Å². The van der Waals surface area contributed by atoms with Crippen LogP contribution >= 0.6 is 11.3 Å². The summed E-state index contributed by atoms with van der Waals surface area (Å²) in [6.07, 6.45) is 5.18. The summed E-state index contributed by atoms with van der Waals surface area (Å²) >= 11 is 1.83. The molecule has 5 heteroatoms. The highest BCUT2D eigenvalue weighted by atomic mass is 32.1. The zero-order valence-corrected chi connectivity index (χ0v) is 14.1. The van der Waals surface area contributed by atoms with Crippen LogP contribution in [-0.2, 0) is 6.42 Å². The van der Waals surface area contributed by atoms with E-state index in [9.17, 15) is 0 Å². The number of nitrogens with zero attached hydrogens (tertiary/aromatic N) is 2. The molecule has 0 saturated carbocycles. The fraction of sp³-hybridized carbons (Fsp3) is 0.562. The van der Waals surface area contributed by atoms with E-state index in [2.05, 4.69) is 46.5 Å². The maximum atomic E-state index is 5.49. The molecule has 2 heterocycles. The third-order valence-corrected chi connectivity index (χ3v) is 4.62. The van der Waals surface area contributed by atoms with E-state index >= 15 is 0 Å². The Bertz CT molecular complexity index is 534. The lowest BCUT2D eigenvalue weighted by molar-refractivity contribution is 0.381. The van der Waals surface area contributed by atoms with Gasteiger partial charge in [-0.25, -0.2) is 0 Å². The molecule has 0 saturated heterocycles. The molecule has 2 aromatic heterocycles. The minimum atomic E-state index is 0.268. The maximum Gasteiger partial charge on any atom is 0.161 e. The topological polar surface area (TPSA) is 39.1 Å². The summed E-state index contributed by atoms with van der Waals surface area (Å²) in [6, 6.07) is 4.92. The van der Waals surface area contributed by atoms with Crippen LogP contribution in [0.15, 0.2) is 23.7 Å². The van der Waals surface area contributed by atoms with Gasteiger partial charge in [0.2, 0.25) is 0 Å². The second kappa shape index (κ2) is 7.61. The Kier molecular flexibility index (Phi) is 5.82. The molecule has 21 heavy (non-hydrogen) atoms. The first kappa shape index (κ1) is 16.0. The van der Waals surface area contributed by atoms with Crippen molar-refractivity contribution in [3.05, 3.63) is 34.3 Å². The van der Waals surface area contributed by atoms with E-state index in [4.69, 9.17) is 4.74 Å². The van der Waals surface area contributed by atoms with Crippen molar-refractivity contribution in [3.8, 4) is 5.75 Å². The van der Waals surface area contributed by atoms with Gasteiger partial charge in [0.1, 0.15) is 0 Å². The van der Waals surface area contributed by atoms with Crippen molar-refractivity contribution < 1.29 is 4.74 Å². The predicted octanol–water partition coefficient (Wildman–Crippen LogP) is 3.82. The Balaban J connectivity index is 2.07. The van der Waals surface area contributed by atoms with E-state index in [1.54, 1.807) is 7.11 Å². The minimum Gasteiger partial charge on any atom is -0.493 e. The zero-order valence-electron chi connectivity index (χ0n) is 13.3. The van der Waals surface area contributed by atoms with Crippen molar-refractivity contribution in [2.24, 2.45) is 0 Å². The first-order valence-corrected chi connectivity index (χ1v) is 8.36. The van der Waals surface area contributed by atoms with Crippen molar-refractivity contribution in [2.75, 3.05) is 14.2 Å². The van der Waals surface area contributed by atoms with Crippen LogP contribution in [0.5, 0.6) is 5.75 Å². The van der Waals surface area contributed by atoms with Crippen LogP contribution in [0, 0.1) is 0 Å². The molecule has 0 bridgehead atoms. The zero-order chi connectivity index (χ0) is 15.2. The molecule has 0 spiro atoms. The van der Waals surface area contributed by atoms with Crippen molar-refractivity contribution in [3.63, 3.8) is 0 Å². The van der Waals surface area contributed by atoms with Gasteiger partial charge in [0, 0.05) is 10.9 Å². The lowest BCUT2D eigenvalue weighted by Crippen LogP contribution is -2.22. The number of aromatic nitrogens is 2. The third-order valence-electron chi connectivity index (χ3n) is 3.68. The Hall–Kier alpha value is -1.33. The molecule has 0 amide bonds. The van der Waals surface area contributed by atoms with Crippen LogP contribution < -0.4 is 10.1 Å². The molecule has 0 fully saturated rings. The molecule has 0 aromatic carbocycles. The predicted molar refractivity (Wildman–Crippen MR) is 88.2 cm³/mol. The SMILES string of the molecule is CNC(CCCc1cccs1)c1c(OC)cnn1C(C)C. The Labute approximate surface area is 131 Å². The van der Waals surface area contributed by atoms with Crippen LogP contribution in [0.2, 0.25) is 0 Å². The van der Waals surface area contributed by atoms with Crippen LogP contribution in [0.3, 0.4) is 0 Å². The third kappa shape index (κ3) is 3.86. The van der Waals surface area contributed by atoms with E-state index in [1.807, 2.05) is 24.6 Å². The maximum absolute atomic E-state index is 5.49. The molecular weight excluding hydrogens is 282 g/mol. The summed E-state index contributed by atoms with van der Waals surface area (Å²) in [7, 11) is 3.72. The molecule has 4 nitrogen and oxygen atoms in total. The first-order valence-electron chi connectivity index (χ1n) is 7.48. The molecule has 1 N–H and O–H groups in total. The molecule has 1 atom stereocenters. The highest BCUT2D eigenvalue weighted by molar-refractivity contribution is 7.09. The Morgan fingerprint density at radius 1 is 1.43 bits per heavy atom. The minimum absolute atomic E-state index is 0.268. The summed E-state index contributed by atoms with van der Waals surface area (Å²) < 4.78 is 7.55. The van der Waals surface area contributed by atoms with Crippen molar-refractivity contribution in [1.82, 2.24) is 15.1 Å².